The minimum Gasteiger partial charge on any atom is -0.273 e. The van der Waals surface area contributed by atoms with Crippen LogP contribution in [0.3, 0.4) is 0 Å². The molecule has 2 aliphatic rings. The lowest BCUT2D eigenvalue weighted by Gasteiger charge is -2.20. The van der Waals surface area contributed by atoms with Gasteiger partial charge >= 0.3 is 0 Å². The topological polar surface area (TPSA) is 82.9 Å². The molecule has 0 aromatic carbocycles. The van der Waals surface area contributed by atoms with Crippen LogP contribution in [0.2, 0.25) is 0 Å². The molecule has 2 fully saturated rings. The number of nitrogens with one attached hydrogen (secondary N) is 2. The molecular formula is C18H30N4O2. The predicted octanol–water partition coefficient (Wildman–Crippen LogP) is 3.13. The van der Waals surface area contributed by atoms with Crippen molar-refractivity contribution in [2.45, 2.75) is 78.1 Å². The number of hydrazone groups is 2. The van der Waals surface area contributed by atoms with E-state index in [1.54, 1.807) is 0 Å². The van der Waals surface area contributed by atoms with Crippen molar-refractivity contribution in [2.24, 2.45) is 22.0 Å². The van der Waals surface area contributed by atoms with E-state index in [2.05, 4.69) is 34.9 Å². The number of carbonyl (C=O) groups excluding carboxylic acids is 2. The van der Waals surface area contributed by atoms with Gasteiger partial charge in [-0.25, -0.2) is 10.9 Å². The fourth-order valence-corrected chi connectivity index (χ4v) is 3.28. The van der Waals surface area contributed by atoms with Crippen molar-refractivity contribution in [3.05, 3.63) is 0 Å². The van der Waals surface area contributed by atoms with E-state index < -0.39 is 0 Å². The fourth-order valence-electron chi connectivity index (χ4n) is 3.28. The van der Waals surface area contributed by atoms with Crippen LogP contribution in [-0.4, -0.2) is 23.2 Å². The van der Waals surface area contributed by atoms with Crippen LogP contribution in [0.1, 0.15) is 78.1 Å². The summed E-state index contributed by atoms with van der Waals surface area (Å²) in [5.74, 6) is 0.453. The summed E-state index contributed by atoms with van der Waals surface area (Å²) in [6, 6.07) is 0. The van der Waals surface area contributed by atoms with Crippen LogP contribution in [0.5, 0.6) is 0 Å². The molecule has 24 heavy (non-hydrogen) atoms. The third kappa shape index (κ3) is 6.06. The molecule has 0 radical (unpaired) electrons. The van der Waals surface area contributed by atoms with Crippen molar-refractivity contribution in [3.63, 3.8) is 0 Å². The Morgan fingerprint density at radius 1 is 0.833 bits per heavy atom. The van der Waals surface area contributed by atoms with Gasteiger partial charge in [0.25, 0.3) is 0 Å². The van der Waals surface area contributed by atoms with E-state index in [9.17, 15) is 9.59 Å². The summed E-state index contributed by atoms with van der Waals surface area (Å²) in [6.45, 7) is 4.28. The van der Waals surface area contributed by atoms with Gasteiger partial charge in [0.05, 0.1) is 0 Å². The predicted molar refractivity (Wildman–Crippen MR) is 95.7 cm³/mol. The maximum absolute atomic E-state index is 11.8. The molecule has 0 saturated heterocycles. The second kappa shape index (κ2) is 9.55. The van der Waals surface area contributed by atoms with Crippen molar-refractivity contribution >= 4 is 23.2 Å². The SMILES string of the molecule is C[C@H]1CCCCC1=NNC(=O)CCC(=O)NN=C1CCCC[C@@H]1C. The normalized spacial score (nSPS) is 27.9. The van der Waals surface area contributed by atoms with Crippen LogP contribution < -0.4 is 10.9 Å². The van der Waals surface area contributed by atoms with E-state index in [0.717, 1.165) is 49.9 Å². The molecule has 0 heterocycles. The van der Waals surface area contributed by atoms with Gasteiger partial charge in [-0.05, 0) is 50.4 Å². The van der Waals surface area contributed by atoms with E-state index in [-0.39, 0.29) is 24.7 Å². The van der Waals surface area contributed by atoms with Crippen LogP contribution in [0.15, 0.2) is 10.2 Å². The minimum atomic E-state index is -0.214. The first-order chi connectivity index (χ1) is 11.6. The number of hydrogen-bond acceptors (Lipinski definition) is 4. The Bertz CT molecular complexity index is 467. The van der Waals surface area contributed by atoms with Crippen LogP contribution in [-0.2, 0) is 9.59 Å². The Balaban J connectivity index is 1.68. The molecule has 6 heteroatoms. The number of carbonyl (C=O) groups is 2. The van der Waals surface area contributed by atoms with E-state index >= 15 is 0 Å². The molecular weight excluding hydrogens is 304 g/mol. The van der Waals surface area contributed by atoms with Crippen molar-refractivity contribution in [2.75, 3.05) is 0 Å². The highest BCUT2D eigenvalue weighted by Crippen LogP contribution is 2.21. The van der Waals surface area contributed by atoms with Crippen molar-refractivity contribution in [1.82, 2.24) is 10.9 Å². The molecule has 0 aromatic rings. The summed E-state index contributed by atoms with van der Waals surface area (Å²) in [7, 11) is 0. The molecule has 0 aromatic heterocycles. The summed E-state index contributed by atoms with van der Waals surface area (Å²) < 4.78 is 0. The Morgan fingerprint density at radius 3 is 1.62 bits per heavy atom. The summed E-state index contributed by atoms with van der Waals surface area (Å²) in [6.07, 6.45) is 9.20. The second-order valence-corrected chi connectivity index (χ2v) is 7.07. The zero-order valence-corrected chi connectivity index (χ0v) is 14.9. The van der Waals surface area contributed by atoms with Gasteiger partial charge < -0.3 is 0 Å². The molecule has 2 atom stereocenters. The lowest BCUT2D eigenvalue weighted by Crippen LogP contribution is -2.27. The highest BCUT2D eigenvalue weighted by molar-refractivity contribution is 5.90. The quantitative estimate of drug-likeness (QED) is 0.757. The smallest absolute Gasteiger partial charge is 0.240 e. The monoisotopic (exact) mass is 334 g/mol. The first-order valence-electron chi connectivity index (χ1n) is 9.27. The first kappa shape index (κ1) is 18.6. The Morgan fingerprint density at radius 2 is 1.25 bits per heavy atom. The molecule has 0 spiro atoms. The maximum Gasteiger partial charge on any atom is 0.240 e. The zero-order chi connectivity index (χ0) is 17.4. The molecule has 6 nitrogen and oxygen atoms in total. The summed E-state index contributed by atoms with van der Waals surface area (Å²) in [5.41, 5.74) is 7.30. The number of rotatable bonds is 5. The van der Waals surface area contributed by atoms with E-state index in [4.69, 9.17) is 0 Å². The van der Waals surface area contributed by atoms with Gasteiger partial charge in [-0.2, -0.15) is 10.2 Å². The van der Waals surface area contributed by atoms with Crippen LogP contribution >= 0.6 is 0 Å². The minimum absolute atomic E-state index is 0.136. The van der Waals surface area contributed by atoms with Crippen LogP contribution in [0.25, 0.3) is 0 Å². The molecule has 2 saturated carbocycles. The number of amides is 2. The lowest BCUT2D eigenvalue weighted by atomic mass is 9.89. The van der Waals surface area contributed by atoms with Crippen molar-refractivity contribution in [1.29, 1.82) is 0 Å². The van der Waals surface area contributed by atoms with Gasteiger partial charge in [0.2, 0.25) is 11.8 Å². The summed E-state index contributed by atoms with van der Waals surface area (Å²) in [5, 5.41) is 8.46. The van der Waals surface area contributed by atoms with Gasteiger partial charge in [0, 0.05) is 24.3 Å². The molecule has 2 rings (SSSR count). The molecule has 2 N–H and O–H groups in total. The fraction of sp³-hybridized carbons (Fsp3) is 0.778. The van der Waals surface area contributed by atoms with Gasteiger partial charge in [0.15, 0.2) is 0 Å². The Hall–Kier alpha value is -1.72. The van der Waals surface area contributed by atoms with Crippen molar-refractivity contribution in [3.8, 4) is 0 Å². The standard InChI is InChI=1S/C18H30N4O2/c1-13-7-3-5-9-15(13)19-21-17(23)11-12-18(24)22-20-16-10-6-4-8-14(16)2/h13-14H,3-12H2,1-2H3,(H,21,23)(H,22,24)/t13-,14-/m0/s1. The molecule has 134 valence electrons. The lowest BCUT2D eigenvalue weighted by molar-refractivity contribution is -0.126. The van der Waals surface area contributed by atoms with Gasteiger partial charge in [-0.15, -0.1) is 0 Å². The van der Waals surface area contributed by atoms with E-state index in [1.807, 2.05) is 0 Å². The first-order valence-corrected chi connectivity index (χ1v) is 9.27. The molecule has 0 unspecified atom stereocenters. The highest BCUT2D eigenvalue weighted by atomic mass is 16.2. The molecule has 2 amide bonds. The van der Waals surface area contributed by atoms with Gasteiger partial charge in [-0.3, -0.25) is 9.59 Å². The molecule has 0 aliphatic heterocycles. The van der Waals surface area contributed by atoms with Crippen LogP contribution in [0.4, 0.5) is 0 Å². The number of hydrogen-bond donors (Lipinski definition) is 2. The zero-order valence-electron chi connectivity index (χ0n) is 14.9. The molecule has 2 aliphatic carbocycles. The maximum atomic E-state index is 11.8. The average molecular weight is 334 g/mol. The van der Waals surface area contributed by atoms with E-state index in [0.29, 0.717) is 11.8 Å². The summed E-state index contributed by atoms with van der Waals surface area (Å²) in [4.78, 5) is 23.6. The Labute approximate surface area is 144 Å². The second-order valence-electron chi connectivity index (χ2n) is 7.07. The third-order valence-corrected chi connectivity index (χ3v) is 5.01. The third-order valence-electron chi connectivity index (χ3n) is 5.01. The highest BCUT2D eigenvalue weighted by Gasteiger charge is 2.17. The average Bonchev–Trinajstić information content (AvgIpc) is 2.58. The van der Waals surface area contributed by atoms with Crippen LogP contribution in [0, 0.1) is 11.8 Å². The summed E-state index contributed by atoms with van der Waals surface area (Å²) >= 11 is 0. The van der Waals surface area contributed by atoms with Gasteiger partial charge in [-0.1, -0.05) is 26.7 Å². The largest absolute Gasteiger partial charge is 0.273 e. The number of nitrogens with zero attached hydrogens (tertiary/aromatic N) is 2. The van der Waals surface area contributed by atoms with Crippen molar-refractivity contribution < 1.29 is 9.59 Å². The molecule has 0 bridgehead atoms. The van der Waals surface area contributed by atoms with Gasteiger partial charge in [0.1, 0.15) is 0 Å². The van der Waals surface area contributed by atoms with E-state index in [1.165, 1.54) is 12.8 Å². The Kier molecular flexibility index (Phi) is 7.40.